The van der Waals surface area contributed by atoms with Crippen molar-refractivity contribution in [2.45, 2.75) is 302 Å². The van der Waals surface area contributed by atoms with Crippen LogP contribution in [0.1, 0.15) is 284 Å². The molecule has 1 heterocycles. The summed E-state index contributed by atoms with van der Waals surface area (Å²) in [5.74, 6) is 0.208. The van der Waals surface area contributed by atoms with Crippen molar-refractivity contribution < 1.29 is 19.1 Å². The van der Waals surface area contributed by atoms with Crippen molar-refractivity contribution in [3.63, 3.8) is 0 Å². The first kappa shape index (κ1) is 73.8. The summed E-state index contributed by atoms with van der Waals surface area (Å²) in [6.07, 6.45) is 19.4. The van der Waals surface area contributed by atoms with Gasteiger partial charge in [-0.25, -0.2) is 0 Å². The molecular weight excluding hydrogens is 867 g/mol. The number of rotatable bonds is 14. The van der Waals surface area contributed by atoms with Gasteiger partial charge in [0.2, 0.25) is 11.8 Å². The summed E-state index contributed by atoms with van der Waals surface area (Å²) in [7, 11) is 0. The van der Waals surface area contributed by atoms with E-state index in [-0.39, 0.29) is 56.0 Å². The highest BCUT2D eigenvalue weighted by Crippen LogP contribution is 2.25. The van der Waals surface area contributed by atoms with Crippen molar-refractivity contribution in [3.8, 4) is 0 Å². The predicted octanol–water partition coefficient (Wildman–Crippen LogP) is 17.4. The summed E-state index contributed by atoms with van der Waals surface area (Å²) in [6, 6.07) is 0. The maximum atomic E-state index is 11.4. The molecule has 0 bridgehead atoms. The van der Waals surface area contributed by atoms with Crippen LogP contribution in [0.5, 0.6) is 0 Å². The number of nitrogens with zero attached hydrogens (tertiary/aromatic N) is 3. The van der Waals surface area contributed by atoms with Gasteiger partial charge in [-0.1, -0.05) is 184 Å². The maximum Gasteiger partial charge on any atom is 0.306 e. The number of unbranched alkanes of at least 4 members (excludes halogenated alkanes) is 2. The van der Waals surface area contributed by atoms with Gasteiger partial charge in [-0.15, -0.1) is 5.10 Å². The third kappa shape index (κ3) is 69.5. The Balaban J connectivity index is -0.000000390. The Morgan fingerprint density at radius 1 is 0.514 bits per heavy atom. The summed E-state index contributed by atoms with van der Waals surface area (Å²) in [5, 5.41) is 14.3. The lowest BCUT2D eigenvalue weighted by Gasteiger charge is -2.23. The molecule has 1 rings (SSSR count). The first-order chi connectivity index (χ1) is 30.7. The lowest BCUT2D eigenvalue weighted by atomic mass is 9.89. The van der Waals surface area contributed by atoms with E-state index in [4.69, 9.17) is 4.74 Å². The molecule has 70 heavy (non-hydrogen) atoms. The second-order valence-corrected chi connectivity index (χ2v) is 31.7. The molecule has 9 nitrogen and oxygen atoms in total. The number of carbonyl (C=O) groups excluding carboxylic acids is 3. The molecule has 0 spiro atoms. The Bertz CT molecular complexity index is 1500. The fourth-order valence-corrected chi connectivity index (χ4v) is 6.24. The zero-order valence-electron chi connectivity index (χ0n) is 52.6. The van der Waals surface area contributed by atoms with Crippen LogP contribution in [-0.2, 0) is 32.1 Å². The van der Waals surface area contributed by atoms with Crippen LogP contribution in [-0.4, -0.2) is 50.5 Å². The average Bonchev–Trinajstić information content (AvgIpc) is 3.44. The molecule has 2 amide bonds. The number of aromatic nitrogens is 3. The van der Waals surface area contributed by atoms with Gasteiger partial charge in [0.25, 0.3) is 0 Å². The largest absolute Gasteiger partial charge is 0.460 e. The van der Waals surface area contributed by atoms with Gasteiger partial charge in [-0.05, 0) is 143 Å². The van der Waals surface area contributed by atoms with Crippen LogP contribution >= 0.6 is 0 Å². The van der Waals surface area contributed by atoms with E-state index in [0.717, 1.165) is 38.0 Å². The summed E-state index contributed by atoms with van der Waals surface area (Å²) in [6.45, 7) is 65.8. The van der Waals surface area contributed by atoms with Gasteiger partial charge >= 0.3 is 5.97 Å². The molecule has 416 valence electrons. The molecule has 1 aromatic heterocycles. The first-order valence-corrected chi connectivity index (χ1v) is 27.0. The van der Waals surface area contributed by atoms with Crippen molar-refractivity contribution >= 4 is 17.8 Å². The minimum absolute atomic E-state index is 0.0162. The Morgan fingerprint density at radius 2 is 0.929 bits per heavy atom. The SMILES string of the molecule is CC(C)(C)CC(=O)OC(C)(C)C.CC(C)(C)CCC/C=C/CCCC(C)(C)C.CC(C)(C)CCCC(=O)NC(C)(C)C.CC(C)(C)CNC(=O)CC(C)(C)C.CC(C)(C)Cc1cn(CC(C)(C)C)nn1. The first-order valence-electron chi connectivity index (χ1n) is 27.0. The van der Waals surface area contributed by atoms with Gasteiger partial charge in [-0.2, -0.15) is 0 Å². The van der Waals surface area contributed by atoms with Crippen LogP contribution in [0.15, 0.2) is 18.3 Å². The van der Waals surface area contributed by atoms with Gasteiger partial charge in [0, 0.05) is 37.7 Å². The van der Waals surface area contributed by atoms with E-state index in [0.29, 0.717) is 35.5 Å². The Labute approximate surface area is 437 Å². The second-order valence-electron chi connectivity index (χ2n) is 31.7. The van der Waals surface area contributed by atoms with Crippen LogP contribution in [0, 0.1) is 43.3 Å². The summed E-state index contributed by atoms with van der Waals surface area (Å²) in [4.78, 5) is 34.1. The van der Waals surface area contributed by atoms with Crippen LogP contribution < -0.4 is 10.6 Å². The number of hydrogen-bond donors (Lipinski definition) is 2. The van der Waals surface area contributed by atoms with Crippen LogP contribution in [0.25, 0.3) is 0 Å². The average molecular weight is 991 g/mol. The van der Waals surface area contributed by atoms with E-state index >= 15 is 0 Å². The zero-order valence-corrected chi connectivity index (χ0v) is 52.6. The van der Waals surface area contributed by atoms with E-state index in [1.165, 1.54) is 38.5 Å². The van der Waals surface area contributed by atoms with Crippen LogP contribution in [0.4, 0.5) is 0 Å². The molecule has 0 aliphatic carbocycles. The molecular formula is C61H123N5O4. The standard InChI is InChI=1S/C16H32.C12H23N3.C12H25NO.C11H23NO.C10H20O2/c1-15(2,3)13-11-9-7-8-10-12-14-16(4,5)6;1-11(2,3)7-10-8-15(14-13-10)9-12(4,5)6;1-11(2,3)9-7-8-10(14)13-12(4,5)6;1-10(2,3)7-9(13)12-8-11(4,5)6;1-9(2,3)7-8(11)12-10(4,5)6/h7-8H,9-14H2,1-6H3;8H,7,9H2,1-6H3;7-9H2,1-6H3,(H,13,14);7-8H2,1-6H3,(H,12,13);7H2,1-6H3/b8-7+;;;;. The van der Waals surface area contributed by atoms with Gasteiger partial charge < -0.3 is 15.4 Å². The van der Waals surface area contributed by atoms with Crippen molar-refractivity contribution in [1.82, 2.24) is 25.6 Å². The highest BCUT2D eigenvalue weighted by Gasteiger charge is 2.23. The minimum atomic E-state index is -0.359. The Kier molecular flexibility index (Phi) is 33.5. The molecule has 0 saturated heterocycles. The third-order valence-electron chi connectivity index (χ3n) is 9.14. The van der Waals surface area contributed by atoms with Crippen LogP contribution in [0.3, 0.4) is 0 Å². The fraction of sp³-hybridized carbons (Fsp3) is 0.885. The van der Waals surface area contributed by atoms with E-state index in [1.54, 1.807) is 0 Å². The molecule has 2 N–H and O–H groups in total. The number of esters is 1. The molecule has 0 aliphatic rings. The number of carbonyl (C=O) groups is 3. The molecule has 0 atom stereocenters. The fourth-order valence-electron chi connectivity index (χ4n) is 6.24. The lowest BCUT2D eigenvalue weighted by Crippen LogP contribution is -2.40. The predicted molar refractivity (Wildman–Crippen MR) is 306 cm³/mol. The second kappa shape index (κ2) is 31.8. The molecule has 0 aliphatic heterocycles. The Hall–Kier alpha value is -2.71. The topological polar surface area (TPSA) is 115 Å². The molecule has 0 aromatic carbocycles. The molecule has 0 unspecified atom stereocenters. The normalized spacial score (nSPS) is 13.1. The number of nitrogens with one attached hydrogen (secondary N) is 2. The van der Waals surface area contributed by atoms with Crippen molar-refractivity contribution in [2.24, 2.45) is 43.3 Å². The quantitative estimate of drug-likeness (QED) is 0.109. The van der Waals surface area contributed by atoms with Gasteiger partial charge in [0.05, 0.1) is 12.1 Å². The van der Waals surface area contributed by atoms with Gasteiger partial charge in [0.1, 0.15) is 5.60 Å². The molecule has 1 aromatic rings. The zero-order chi connectivity index (χ0) is 56.4. The van der Waals surface area contributed by atoms with Crippen molar-refractivity contribution in [1.29, 1.82) is 0 Å². The third-order valence-corrected chi connectivity index (χ3v) is 9.14. The van der Waals surface area contributed by atoms with Crippen molar-refractivity contribution in [2.75, 3.05) is 6.54 Å². The number of allylic oxidation sites excluding steroid dienone is 2. The monoisotopic (exact) mass is 990 g/mol. The molecule has 9 heteroatoms. The van der Waals surface area contributed by atoms with E-state index in [2.05, 4.69) is 185 Å². The minimum Gasteiger partial charge on any atom is -0.460 e. The number of hydrogen-bond acceptors (Lipinski definition) is 6. The van der Waals surface area contributed by atoms with E-state index < -0.39 is 0 Å². The number of amides is 2. The molecule has 0 saturated carbocycles. The molecule has 0 radical (unpaired) electrons. The van der Waals surface area contributed by atoms with Crippen LogP contribution in [0.2, 0.25) is 0 Å². The Morgan fingerprint density at radius 3 is 1.26 bits per heavy atom. The highest BCUT2D eigenvalue weighted by molar-refractivity contribution is 5.77. The summed E-state index contributed by atoms with van der Waals surface area (Å²) in [5.41, 5.74) is 2.78. The highest BCUT2D eigenvalue weighted by atomic mass is 16.6. The molecule has 0 fully saturated rings. The summed E-state index contributed by atoms with van der Waals surface area (Å²) >= 11 is 0. The van der Waals surface area contributed by atoms with E-state index in [1.807, 2.05) is 67.0 Å². The van der Waals surface area contributed by atoms with Crippen molar-refractivity contribution in [3.05, 3.63) is 24.0 Å². The summed E-state index contributed by atoms with van der Waals surface area (Å²) < 4.78 is 7.12. The lowest BCUT2D eigenvalue weighted by molar-refractivity contribution is -0.157. The smallest absolute Gasteiger partial charge is 0.306 e. The van der Waals surface area contributed by atoms with Gasteiger partial charge in [-0.3, -0.25) is 19.1 Å². The maximum absolute atomic E-state index is 11.4. The van der Waals surface area contributed by atoms with E-state index in [9.17, 15) is 14.4 Å². The number of ether oxygens (including phenoxy) is 1. The van der Waals surface area contributed by atoms with Gasteiger partial charge in [0.15, 0.2) is 0 Å².